The Morgan fingerprint density at radius 2 is 1.50 bits per heavy atom. The molecule has 0 spiro atoms. The molecule has 0 bridgehead atoms. The van der Waals surface area contributed by atoms with E-state index in [1.54, 1.807) is 56.7 Å². The Morgan fingerprint density at radius 3 is 2.14 bits per heavy atom. The van der Waals surface area contributed by atoms with Crippen molar-refractivity contribution in [2.24, 2.45) is 0 Å². The van der Waals surface area contributed by atoms with Crippen molar-refractivity contribution >= 4 is 17.4 Å². The number of nitrogens with one attached hydrogen (secondary N) is 2. The van der Waals surface area contributed by atoms with Gasteiger partial charge >= 0.3 is 6.03 Å². The van der Waals surface area contributed by atoms with Gasteiger partial charge in [-0.25, -0.2) is 4.79 Å². The summed E-state index contributed by atoms with van der Waals surface area (Å²) in [6.45, 7) is 0. The predicted molar refractivity (Wildman–Crippen MR) is 85.2 cm³/mol. The molecule has 0 saturated carbocycles. The first kappa shape index (κ1) is 15.5. The van der Waals surface area contributed by atoms with E-state index in [2.05, 4.69) is 10.6 Å². The van der Waals surface area contributed by atoms with E-state index in [0.717, 1.165) is 0 Å². The lowest BCUT2D eigenvalue weighted by molar-refractivity contribution is 0.262. The van der Waals surface area contributed by atoms with Crippen molar-refractivity contribution in [2.45, 2.75) is 0 Å². The van der Waals surface area contributed by atoms with E-state index in [4.69, 9.17) is 14.2 Å². The highest BCUT2D eigenvalue weighted by Crippen LogP contribution is 2.29. The van der Waals surface area contributed by atoms with Crippen molar-refractivity contribution in [3.05, 3.63) is 42.5 Å². The average molecular weight is 302 g/mol. The minimum absolute atomic E-state index is 0.361. The molecule has 0 aromatic heterocycles. The molecule has 0 fully saturated rings. The average Bonchev–Trinajstić information content (AvgIpc) is 2.54. The summed E-state index contributed by atoms with van der Waals surface area (Å²) >= 11 is 0. The molecular weight excluding hydrogens is 284 g/mol. The SMILES string of the molecule is COc1cccc(NC(=O)Nc2ccc(OC)c(OC)c2)c1. The lowest BCUT2D eigenvalue weighted by atomic mass is 10.2. The van der Waals surface area contributed by atoms with Crippen LogP contribution in [0.25, 0.3) is 0 Å². The molecular formula is C16H18N2O4. The highest BCUT2D eigenvalue weighted by Gasteiger charge is 2.08. The molecule has 2 aromatic carbocycles. The van der Waals surface area contributed by atoms with Crippen LogP contribution in [0.4, 0.5) is 16.2 Å². The van der Waals surface area contributed by atoms with E-state index in [-0.39, 0.29) is 6.03 Å². The Kier molecular flexibility index (Phi) is 5.08. The second-order valence-corrected chi connectivity index (χ2v) is 4.38. The number of benzene rings is 2. The van der Waals surface area contributed by atoms with Gasteiger partial charge in [-0.15, -0.1) is 0 Å². The van der Waals surface area contributed by atoms with Gasteiger partial charge in [0, 0.05) is 23.5 Å². The maximum Gasteiger partial charge on any atom is 0.323 e. The minimum atomic E-state index is -0.361. The zero-order valence-electron chi connectivity index (χ0n) is 12.7. The van der Waals surface area contributed by atoms with Gasteiger partial charge < -0.3 is 24.8 Å². The number of amides is 2. The van der Waals surface area contributed by atoms with Crippen LogP contribution in [0.2, 0.25) is 0 Å². The third kappa shape index (κ3) is 3.82. The molecule has 6 nitrogen and oxygen atoms in total. The first-order valence-electron chi connectivity index (χ1n) is 6.60. The Hall–Kier alpha value is -2.89. The summed E-state index contributed by atoms with van der Waals surface area (Å²) in [6, 6.07) is 11.9. The van der Waals surface area contributed by atoms with Gasteiger partial charge in [0.1, 0.15) is 5.75 Å². The maximum absolute atomic E-state index is 12.0. The van der Waals surface area contributed by atoms with Crippen molar-refractivity contribution in [1.29, 1.82) is 0 Å². The third-order valence-corrected chi connectivity index (χ3v) is 2.97. The van der Waals surface area contributed by atoms with Crippen LogP contribution in [0.3, 0.4) is 0 Å². The molecule has 0 radical (unpaired) electrons. The Morgan fingerprint density at radius 1 is 0.818 bits per heavy atom. The van der Waals surface area contributed by atoms with E-state index in [0.29, 0.717) is 28.6 Å². The van der Waals surface area contributed by atoms with Gasteiger partial charge in [-0.05, 0) is 24.3 Å². The van der Waals surface area contributed by atoms with Gasteiger partial charge in [-0.1, -0.05) is 6.07 Å². The molecule has 0 aliphatic rings. The molecule has 0 unspecified atom stereocenters. The molecule has 0 aliphatic carbocycles. The molecule has 0 atom stereocenters. The van der Waals surface area contributed by atoms with E-state index in [9.17, 15) is 4.79 Å². The summed E-state index contributed by atoms with van der Waals surface area (Å²) in [6.07, 6.45) is 0. The van der Waals surface area contributed by atoms with Gasteiger partial charge in [-0.2, -0.15) is 0 Å². The fourth-order valence-corrected chi connectivity index (χ4v) is 1.91. The van der Waals surface area contributed by atoms with Crippen LogP contribution in [0.5, 0.6) is 17.2 Å². The number of urea groups is 1. The van der Waals surface area contributed by atoms with Crippen molar-refractivity contribution in [3.63, 3.8) is 0 Å². The molecule has 22 heavy (non-hydrogen) atoms. The quantitative estimate of drug-likeness (QED) is 0.888. The van der Waals surface area contributed by atoms with Crippen LogP contribution >= 0.6 is 0 Å². The van der Waals surface area contributed by atoms with Crippen LogP contribution in [0.15, 0.2) is 42.5 Å². The van der Waals surface area contributed by atoms with Crippen LogP contribution in [-0.4, -0.2) is 27.4 Å². The van der Waals surface area contributed by atoms with Crippen molar-refractivity contribution in [3.8, 4) is 17.2 Å². The normalized spacial score (nSPS) is 9.77. The van der Waals surface area contributed by atoms with Crippen molar-refractivity contribution < 1.29 is 19.0 Å². The second-order valence-electron chi connectivity index (χ2n) is 4.38. The molecule has 116 valence electrons. The monoisotopic (exact) mass is 302 g/mol. The molecule has 2 amide bonds. The molecule has 2 N–H and O–H groups in total. The lowest BCUT2D eigenvalue weighted by Crippen LogP contribution is -2.19. The number of methoxy groups -OCH3 is 3. The Balaban J connectivity index is 2.05. The van der Waals surface area contributed by atoms with Crippen LogP contribution < -0.4 is 24.8 Å². The smallest absolute Gasteiger partial charge is 0.323 e. The van der Waals surface area contributed by atoms with E-state index in [1.807, 2.05) is 0 Å². The summed E-state index contributed by atoms with van der Waals surface area (Å²) in [5, 5.41) is 5.46. The second kappa shape index (κ2) is 7.21. The number of carbonyl (C=O) groups is 1. The number of ether oxygens (including phenoxy) is 3. The molecule has 0 heterocycles. The van der Waals surface area contributed by atoms with Crippen molar-refractivity contribution in [2.75, 3.05) is 32.0 Å². The molecule has 2 rings (SSSR count). The molecule has 0 aliphatic heterocycles. The standard InChI is InChI=1S/C16H18N2O4/c1-20-13-6-4-5-11(9-13)17-16(19)18-12-7-8-14(21-2)15(10-12)22-3/h4-10H,1-3H3,(H2,17,18,19). The number of hydrogen-bond acceptors (Lipinski definition) is 4. The highest BCUT2D eigenvalue weighted by atomic mass is 16.5. The number of carbonyl (C=O) groups excluding carboxylic acids is 1. The van der Waals surface area contributed by atoms with Gasteiger partial charge in [-0.3, -0.25) is 0 Å². The minimum Gasteiger partial charge on any atom is -0.497 e. The number of anilines is 2. The summed E-state index contributed by atoms with van der Waals surface area (Å²) in [5.41, 5.74) is 1.23. The fraction of sp³-hybridized carbons (Fsp3) is 0.188. The van der Waals surface area contributed by atoms with Crippen LogP contribution in [0, 0.1) is 0 Å². The Labute approximate surface area is 129 Å². The predicted octanol–water partition coefficient (Wildman–Crippen LogP) is 3.36. The largest absolute Gasteiger partial charge is 0.497 e. The summed E-state index contributed by atoms with van der Waals surface area (Å²) in [4.78, 5) is 12.0. The van der Waals surface area contributed by atoms with Gasteiger partial charge in [0.15, 0.2) is 11.5 Å². The first-order chi connectivity index (χ1) is 10.7. The van der Waals surface area contributed by atoms with E-state index >= 15 is 0 Å². The van der Waals surface area contributed by atoms with Gasteiger partial charge in [0.05, 0.1) is 21.3 Å². The summed E-state index contributed by atoms with van der Waals surface area (Å²) in [5.74, 6) is 1.81. The molecule has 6 heteroatoms. The van der Waals surface area contributed by atoms with Gasteiger partial charge in [0.2, 0.25) is 0 Å². The number of hydrogen-bond donors (Lipinski definition) is 2. The van der Waals surface area contributed by atoms with Crippen molar-refractivity contribution in [1.82, 2.24) is 0 Å². The summed E-state index contributed by atoms with van der Waals surface area (Å²) < 4.78 is 15.5. The third-order valence-electron chi connectivity index (χ3n) is 2.97. The zero-order valence-corrected chi connectivity index (χ0v) is 12.7. The van der Waals surface area contributed by atoms with E-state index in [1.165, 1.54) is 7.11 Å². The molecule has 2 aromatic rings. The topological polar surface area (TPSA) is 68.8 Å². The molecule has 0 saturated heterocycles. The first-order valence-corrected chi connectivity index (χ1v) is 6.60. The maximum atomic E-state index is 12.0. The van der Waals surface area contributed by atoms with Gasteiger partial charge in [0.25, 0.3) is 0 Å². The number of rotatable bonds is 5. The highest BCUT2D eigenvalue weighted by molar-refractivity contribution is 6.00. The van der Waals surface area contributed by atoms with E-state index < -0.39 is 0 Å². The zero-order chi connectivity index (χ0) is 15.9. The summed E-state index contributed by atoms with van der Waals surface area (Å²) in [7, 11) is 4.67. The fourth-order valence-electron chi connectivity index (χ4n) is 1.91. The lowest BCUT2D eigenvalue weighted by Gasteiger charge is -2.11. The van der Waals surface area contributed by atoms with Crippen LogP contribution in [-0.2, 0) is 0 Å². The van der Waals surface area contributed by atoms with Crippen LogP contribution in [0.1, 0.15) is 0 Å². The Bertz CT molecular complexity index is 658.